The largest absolute Gasteiger partial charge is 0.476 e. The number of hydrazine groups is 2. The molecule has 0 aromatic heterocycles. The van der Waals surface area contributed by atoms with E-state index in [1.807, 2.05) is 54.6 Å². The van der Waals surface area contributed by atoms with E-state index in [9.17, 15) is 9.90 Å². The van der Waals surface area contributed by atoms with Crippen molar-refractivity contribution in [3.8, 4) is 0 Å². The highest BCUT2D eigenvalue weighted by atomic mass is 32.2. The maximum atomic E-state index is 11.6. The van der Waals surface area contributed by atoms with Crippen molar-refractivity contribution in [2.45, 2.75) is 5.54 Å². The topological polar surface area (TPSA) is 86.2 Å². The molecule has 8 heteroatoms. The van der Waals surface area contributed by atoms with Crippen LogP contribution in [0.4, 0.5) is 0 Å². The van der Waals surface area contributed by atoms with Gasteiger partial charge in [0.2, 0.25) is 5.71 Å². The standard InChI is InChI=1S/C24H22N4O3S/c1-31-26-22(23(29)30)21-17-32-28(25-21)27-24(18-11-5-2-6-12-18,19-13-7-3-8-14-19)20-15-9-4-10-16-20/h2-17,25,27H,1H3,(H,29,30). The van der Waals surface area contributed by atoms with E-state index >= 15 is 0 Å². The molecule has 162 valence electrons. The molecule has 3 aromatic rings. The van der Waals surface area contributed by atoms with Gasteiger partial charge >= 0.3 is 5.97 Å². The molecule has 0 spiro atoms. The van der Waals surface area contributed by atoms with Gasteiger partial charge in [-0.1, -0.05) is 101 Å². The second kappa shape index (κ2) is 9.69. The van der Waals surface area contributed by atoms with Crippen LogP contribution in [-0.2, 0) is 15.2 Å². The molecular formula is C24H22N4O3S. The van der Waals surface area contributed by atoms with Crippen LogP contribution in [-0.4, -0.2) is 28.4 Å². The summed E-state index contributed by atoms with van der Waals surface area (Å²) < 4.78 is 1.68. The first-order chi connectivity index (χ1) is 15.6. The normalized spacial score (nSPS) is 14.5. The molecule has 0 saturated carbocycles. The summed E-state index contributed by atoms with van der Waals surface area (Å²) >= 11 is 1.28. The average molecular weight is 447 g/mol. The van der Waals surface area contributed by atoms with Crippen LogP contribution in [0.15, 0.2) is 107 Å². The number of oxime groups is 1. The third kappa shape index (κ3) is 4.24. The number of nitrogens with zero attached hydrogens (tertiary/aromatic N) is 2. The Labute approximate surface area is 190 Å². The Morgan fingerprint density at radius 1 is 0.938 bits per heavy atom. The summed E-state index contributed by atoms with van der Waals surface area (Å²) in [7, 11) is 1.31. The number of nitrogens with one attached hydrogen (secondary N) is 2. The molecular weight excluding hydrogens is 424 g/mol. The van der Waals surface area contributed by atoms with E-state index in [1.165, 1.54) is 19.1 Å². The van der Waals surface area contributed by atoms with Crippen molar-refractivity contribution in [2.75, 3.05) is 7.11 Å². The second-order valence-electron chi connectivity index (χ2n) is 6.93. The van der Waals surface area contributed by atoms with Crippen molar-refractivity contribution in [1.29, 1.82) is 0 Å². The van der Waals surface area contributed by atoms with Crippen molar-refractivity contribution >= 4 is 23.6 Å². The fourth-order valence-electron chi connectivity index (χ4n) is 3.64. The van der Waals surface area contributed by atoms with Crippen molar-refractivity contribution in [2.24, 2.45) is 5.16 Å². The summed E-state index contributed by atoms with van der Waals surface area (Å²) in [5.74, 6) is -1.19. The van der Waals surface area contributed by atoms with Gasteiger partial charge in [-0.05, 0) is 28.6 Å². The third-order valence-corrected chi connectivity index (χ3v) is 5.76. The number of aliphatic carboxylic acids is 1. The molecule has 0 aliphatic carbocycles. The summed E-state index contributed by atoms with van der Waals surface area (Å²) in [6, 6.07) is 30.3. The van der Waals surface area contributed by atoms with Crippen molar-refractivity contribution in [1.82, 2.24) is 15.4 Å². The van der Waals surface area contributed by atoms with Gasteiger partial charge in [-0.2, -0.15) is 0 Å². The van der Waals surface area contributed by atoms with Gasteiger partial charge < -0.3 is 9.94 Å². The fourth-order valence-corrected chi connectivity index (χ4v) is 4.35. The van der Waals surface area contributed by atoms with E-state index in [0.29, 0.717) is 5.70 Å². The number of hydrogen-bond acceptors (Lipinski definition) is 7. The Morgan fingerprint density at radius 2 is 1.41 bits per heavy atom. The highest BCUT2D eigenvalue weighted by molar-refractivity contribution is 8.00. The van der Waals surface area contributed by atoms with Crippen LogP contribution in [0.2, 0.25) is 0 Å². The Balaban J connectivity index is 1.78. The molecule has 32 heavy (non-hydrogen) atoms. The van der Waals surface area contributed by atoms with Crippen molar-refractivity contribution < 1.29 is 14.7 Å². The predicted molar refractivity (Wildman–Crippen MR) is 125 cm³/mol. The minimum atomic E-state index is -1.19. The fraction of sp³-hybridized carbons (Fsp3) is 0.0833. The van der Waals surface area contributed by atoms with Crippen LogP contribution in [0, 0.1) is 0 Å². The number of carboxylic acids is 1. The first-order valence-electron chi connectivity index (χ1n) is 9.88. The molecule has 0 bridgehead atoms. The molecule has 1 heterocycles. The van der Waals surface area contributed by atoms with E-state index < -0.39 is 11.5 Å². The van der Waals surface area contributed by atoms with Gasteiger partial charge in [0, 0.05) is 5.41 Å². The van der Waals surface area contributed by atoms with Crippen molar-refractivity contribution in [3.63, 3.8) is 0 Å². The second-order valence-corrected chi connectivity index (χ2v) is 7.74. The number of rotatable bonds is 8. The molecule has 0 fully saturated rings. The summed E-state index contributed by atoms with van der Waals surface area (Å²) in [5, 5.41) is 14.8. The third-order valence-electron chi connectivity index (χ3n) is 5.03. The minimum Gasteiger partial charge on any atom is -0.476 e. The molecule has 4 rings (SSSR count). The van der Waals surface area contributed by atoms with E-state index in [-0.39, 0.29) is 5.71 Å². The van der Waals surface area contributed by atoms with Crippen LogP contribution < -0.4 is 10.9 Å². The maximum absolute atomic E-state index is 11.6. The molecule has 3 aromatic carbocycles. The number of hydrogen-bond donors (Lipinski definition) is 3. The lowest BCUT2D eigenvalue weighted by Crippen LogP contribution is -2.54. The number of benzene rings is 3. The molecule has 1 aliphatic heterocycles. The van der Waals surface area contributed by atoms with Gasteiger partial charge in [0.1, 0.15) is 12.6 Å². The monoisotopic (exact) mass is 446 g/mol. The zero-order valence-corrected chi connectivity index (χ0v) is 18.1. The van der Waals surface area contributed by atoms with Crippen LogP contribution in [0.25, 0.3) is 0 Å². The van der Waals surface area contributed by atoms with Gasteiger partial charge in [-0.25, -0.2) is 10.2 Å². The van der Waals surface area contributed by atoms with E-state index in [2.05, 4.69) is 52.4 Å². The summed E-state index contributed by atoms with van der Waals surface area (Å²) in [5.41, 5.74) is 9.09. The Bertz CT molecular complexity index is 1030. The highest BCUT2D eigenvalue weighted by Crippen LogP contribution is 2.38. The van der Waals surface area contributed by atoms with Crippen LogP contribution in [0.5, 0.6) is 0 Å². The smallest absolute Gasteiger partial charge is 0.360 e. The lowest BCUT2D eigenvalue weighted by molar-refractivity contribution is -0.129. The molecule has 7 nitrogen and oxygen atoms in total. The van der Waals surface area contributed by atoms with Gasteiger partial charge in [-0.3, -0.25) is 5.43 Å². The first kappa shape index (κ1) is 21.6. The Hall–Kier alpha value is -3.59. The van der Waals surface area contributed by atoms with Gasteiger partial charge in [0.05, 0.1) is 5.70 Å². The number of carbonyl (C=O) groups is 1. The maximum Gasteiger partial charge on any atom is 0.360 e. The van der Waals surface area contributed by atoms with E-state index in [1.54, 1.807) is 9.93 Å². The Kier molecular flexibility index (Phi) is 6.55. The highest BCUT2D eigenvalue weighted by Gasteiger charge is 2.39. The minimum absolute atomic E-state index is 0.214. The zero-order valence-electron chi connectivity index (χ0n) is 17.3. The number of carboxylic acid groups (broad SMARTS) is 1. The molecule has 1 aliphatic rings. The molecule has 0 radical (unpaired) electrons. The SMILES string of the molecule is CON=C(C(=O)O)C1=CSN(NC(c2ccccc2)(c2ccccc2)c2ccccc2)N1. The first-order valence-corrected chi connectivity index (χ1v) is 10.7. The summed E-state index contributed by atoms with van der Waals surface area (Å²) in [4.78, 5) is 16.3. The van der Waals surface area contributed by atoms with Crippen molar-refractivity contribution in [3.05, 3.63) is 119 Å². The zero-order chi connectivity index (χ0) is 22.4. The van der Waals surface area contributed by atoms with Gasteiger partial charge in [-0.15, -0.1) is 0 Å². The Morgan fingerprint density at radius 3 is 1.81 bits per heavy atom. The van der Waals surface area contributed by atoms with Crippen LogP contribution >= 0.6 is 11.9 Å². The van der Waals surface area contributed by atoms with Crippen LogP contribution in [0.3, 0.4) is 0 Å². The van der Waals surface area contributed by atoms with Crippen LogP contribution in [0.1, 0.15) is 16.7 Å². The average Bonchev–Trinajstić information content (AvgIpc) is 3.30. The quantitative estimate of drug-likeness (QED) is 0.210. The molecule has 3 N–H and O–H groups in total. The lowest BCUT2D eigenvalue weighted by Gasteiger charge is -2.39. The molecule has 0 unspecified atom stereocenters. The molecule has 0 amide bonds. The predicted octanol–water partition coefficient (Wildman–Crippen LogP) is 3.88. The summed E-state index contributed by atoms with van der Waals surface area (Å²) in [6.45, 7) is 0. The van der Waals surface area contributed by atoms with E-state index in [4.69, 9.17) is 4.84 Å². The summed E-state index contributed by atoms with van der Waals surface area (Å²) in [6.07, 6.45) is 0. The van der Waals surface area contributed by atoms with E-state index in [0.717, 1.165) is 16.7 Å². The van der Waals surface area contributed by atoms with Gasteiger partial charge in [0.25, 0.3) is 0 Å². The lowest BCUT2D eigenvalue weighted by atomic mass is 9.77. The van der Waals surface area contributed by atoms with Gasteiger partial charge in [0.15, 0.2) is 0 Å². The molecule has 0 atom stereocenters. The molecule has 0 saturated heterocycles.